The van der Waals surface area contributed by atoms with Crippen LogP contribution >= 0.6 is 12.4 Å². The van der Waals surface area contributed by atoms with Gasteiger partial charge in [-0.15, -0.1) is 12.4 Å². The molecule has 0 bridgehead atoms. The zero-order chi connectivity index (χ0) is 14.9. The third kappa shape index (κ3) is 3.82. The fraction of sp³-hybridized carbons (Fsp3) is 0.625. The Morgan fingerprint density at radius 3 is 2.59 bits per heavy atom. The molecule has 1 aromatic rings. The van der Waals surface area contributed by atoms with Gasteiger partial charge in [0.15, 0.2) is 0 Å². The van der Waals surface area contributed by atoms with Crippen LogP contribution in [0.15, 0.2) is 23.1 Å². The fourth-order valence-corrected chi connectivity index (χ4v) is 4.75. The summed E-state index contributed by atoms with van der Waals surface area (Å²) in [6.45, 7) is 3.01. The van der Waals surface area contributed by atoms with Crippen molar-refractivity contribution in [3.05, 3.63) is 29.3 Å². The molecule has 22 heavy (non-hydrogen) atoms. The normalized spacial score (nSPS) is 25.1. The van der Waals surface area contributed by atoms with E-state index in [4.69, 9.17) is 0 Å². The topological polar surface area (TPSA) is 58.2 Å². The average Bonchev–Trinajstić information content (AvgIpc) is 2.49. The lowest BCUT2D eigenvalue weighted by Crippen LogP contribution is -2.51. The molecule has 6 heteroatoms. The monoisotopic (exact) mass is 344 g/mol. The Balaban J connectivity index is 0.00000176. The van der Waals surface area contributed by atoms with Gasteiger partial charge in [0.2, 0.25) is 10.0 Å². The summed E-state index contributed by atoms with van der Waals surface area (Å²) in [5.74, 6) is 0. The maximum Gasteiger partial charge on any atom is 0.240 e. The number of aryl methyl sites for hydroxylation is 2. The van der Waals surface area contributed by atoms with Crippen LogP contribution in [-0.2, 0) is 22.9 Å². The molecule has 2 N–H and O–H groups in total. The lowest BCUT2D eigenvalue weighted by Gasteiger charge is -2.30. The highest BCUT2D eigenvalue weighted by Crippen LogP contribution is 2.24. The number of fused-ring (bicyclic) bond motifs is 1. The molecule has 1 aromatic carbocycles. The Morgan fingerprint density at radius 1 is 1.14 bits per heavy atom. The Hall–Kier alpha value is -0.620. The van der Waals surface area contributed by atoms with Gasteiger partial charge in [-0.2, -0.15) is 0 Å². The molecule has 3 rings (SSSR count). The summed E-state index contributed by atoms with van der Waals surface area (Å²) in [6.07, 6.45) is 6.36. The van der Waals surface area contributed by atoms with Crippen LogP contribution in [0.3, 0.4) is 0 Å². The summed E-state index contributed by atoms with van der Waals surface area (Å²) in [5, 5.41) is 3.33. The van der Waals surface area contributed by atoms with E-state index in [0.29, 0.717) is 4.90 Å². The second-order valence-electron chi connectivity index (χ2n) is 6.25. The first-order valence-electron chi connectivity index (χ1n) is 7.94. The molecule has 2 aliphatic rings. The second kappa shape index (κ2) is 7.30. The van der Waals surface area contributed by atoms with Crippen molar-refractivity contribution in [1.29, 1.82) is 0 Å². The van der Waals surface area contributed by atoms with Gasteiger partial charge in [-0.3, -0.25) is 0 Å². The van der Waals surface area contributed by atoms with Gasteiger partial charge in [-0.1, -0.05) is 6.07 Å². The maximum absolute atomic E-state index is 12.6. The molecule has 0 radical (unpaired) electrons. The number of benzene rings is 1. The molecule has 1 aliphatic carbocycles. The fourth-order valence-electron chi connectivity index (χ4n) is 3.35. The number of piperidine rings is 1. The number of sulfonamides is 1. The van der Waals surface area contributed by atoms with Crippen molar-refractivity contribution in [3.8, 4) is 0 Å². The molecule has 2 atom stereocenters. The number of halogens is 1. The van der Waals surface area contributed by atoms with E-state index in [1.165, 1.54) is 17.5 Å². The number of hydrogen-bond acceptors (Lipinski definition) is 3. The molecule has 0 saturated carbocycles. The maximum atomic E-state index is 12.6. The highest BCUT2D eigenvalue weighted by molar-refractivity contribution is 7.89. The van der Waals surface area contributed by atoms with Gasteiger partial charge in [0.25, 0.3) is 0 Å². The van der Waals surface area contributed by atoms with Gasteiger partial charge in [0, 0.05) is 12.1 Å². The van der Waals surface area contributed by atoms with E-state index in [9.17, 15) is 8.42 Å². The summed E-state index contributed by atoms with van der Waals surface area (Å²) in [6, 6.07) is 5.79. The summed E-state index contributed by atoms with van der Waals surface area (Å²) in [4.78, 5) is 0.418. The highest BCUT2D eigenvalue weighted by atomic mass is 35.5. The minimum Gasteiger partial charge on any atom is -0.313 e. The van der Waals surface area contributed by atoms with Crippen molar-refractivity contribution < 1.29 is 8.42 Å². The van der Waals surface area contributed by atoms with Crippen LogP contribution in [-0.4, -0.2) is 27.0 Å². The van der Waals surface area contributed by atoms with E-state index >= 15 is 0 Å². The van der Waals surface area contributed by atoms with E-state index < -0.39 is 10.0 Å². The predicted octanol–water partition coefficient (Wildman–Crippen LogP) is 2.41. The van der Waals surface area contributed by atoms with Crippen LogP contribution in [0.1, 0.15) is 43.7 Å². The third-order valence-electron chi connectivity index (χ3n) is 4.70. The molecule has 0 aromatic heterocycles. The van der Waals surface area contributed by atoms with Crippen LogP contribution in [0, 0.1) is 0 Å². The van der Waals surface area contributed by atoms with Crippen molar-refractivity contribution in [2.75, 3.05) is 6.54 Å². The largest absolute Gasteiger partial charge is 0.313 e. The third-order valence-corrected chi connectivity index (χ3v) is 6.19. The van der Waals surface area contributed by atoms with E-state index in [2.05, 4.69) is 10.0 Å². The van der Waals surface area contributed by atoms with Crippen molar-refractivity contribution in [2.24, 2.45) is 0 Å². The van der Waals surface area contributed by atoms with Crippen LogP contribution in [0.4, 0.5) is 0 Å². The molecule has 2 unspecified atom stereocenters. The van der Waals surface area contributed by atoms with Crippen LogP contribution in [0.2, 0.25) is 0 Å². The van der Waals surface area contributed by atoms with Crippen LogP contribution in [0.5, 0.6) is 0 Å². The predicted molar refractivity (Wildman–Crippen MR) is 91.1 cm³/mol. The first-order valence-corrected chi connectivity index (χ1v) is 9.42. The standard InChI is InChI=1S/C16H24N2O2S.ClH/c1-12-16(7-4-10-17-12)18-21(19,20)15-9-8-13-5-2-3-6-14(13)11-15;/h8-9,11-12,16-18H,2-7,10H2,1H3;1H. The van der Waals surface area contributed by atoms with E-state index in [1.807, 2.05) is 19.1 Å². The Kier molecular flexibility index (Phi) is 5.88. The van der Waals surface area contributed by atoms with E-state index in [-0.39, 0.29) is 24.5 Å². The number of hydrogen-bond donors (Lipinski definition) is 2. The zero-order valence-electron chi connectivity index (χ0n) is 13.0. The highest BCUT2D eigenvalue weighted by Gasteiger charge is 2.27. The van der Waals surface area contributed by atoms with Crippen molar-refractivity contribution in [1.82, 2.24) is 10.0 Å². The van der Waals surface area contributed by atoms with E-state index in [0.717, 1.165) is 38.6 Å². The van der Waals surface area contributed by atoms with Crippen molar-refractivity contribution >= 4 is 22.4 Å². The van der Waals surface area contributed by atoms with Gasteiger partial charge < -0.3 is 5.32 Å². The molecule has 1 fully saturated rings. The zero-order valence-corrected chi connectivity index (χ0v) is 14.6. The van der Waals surface area contributed by atoms with Crippen molar-refractivity contribution in [2.45, 2.75) is 62.4 Å². The Morgan fingerprint density at radius 2 is 1.86 bits per heavy atom. The average molecular weight is 345 g/mol. The molecule has 0 amide bonds. The molecule has 1 saturated heterocycles. The minimum atomic E-state index is -3.42. The Labute approximate surface area is 139 Å². The molecule has 1 aliphatic heterocycles. The van der Waals surface area contributed by atoms with Crippen molar-refractivity contribution in [3.63, 3.8) is 0 Å². The van der Waals surface area contributed by atoms with Gasteiger partial charge >= 0.3 is 0 Å². The minimum absolute atomic E-state index is 0. The lowest BCUT2D eigenvalue weighted by molar-refractivity contribution is 0.349. The van der Waals surface area contributed by atoms with E-state index in [1.54, 1.807) is 6.07 Å². The summed E-state index contributed by atoms with van der Waals surface area (Å²) in [5.41, 5.74) is 2.52. The summed E-state index contributed by atoms with van der Waals surface area (Å²) in [7, 11) is -3.42. The van der Waals surface area contributed by atoms with Crippen LogP contribution < -0.4 is 10.0 Å². The van der Waals surface area contributed by atoms with Gasteiger partial charge in [-0.05, 0) is 75.3 Å². The molecular formula is C16H25ClN2O2S. The van der Waals surface area contributed by atoms with Crippen LogP contribution in [0.25, 0.3) is 0 Å². The lowest BCUT2D eigenvalue weighted by atomic mass is 9.92. The molecule has 0 spiro atoms. The number of nitrogens with one attached hydrogen (secondary N) is 2. The quantitative estimate of drug-likeness (QED) is 0.885. The molecule has 4 nitrogen and oxygen atoms in total. The second-order valence-corrected chi connectivity index (χ2v) is 7.96. The molecule has 124 valence electrons. The smallest absolute Gasteiger partial charge is 0.240 e. The summed E-state index contributed by atoms with van der Waals surface area (Å²) >= 11 is 0. The number of rotatable bonds is 3. The van der Waals surface area contributed by atoms with Gasteiger partial charge in [-0.25, -0.2) is 13.1 Å². The molecular weight excluding hydrogens is 320 g/mol. The van der Waals surface area contributed by atoms with Gasteiger partial charge in [0.1, 0.15) is 0 Å². The summed E-state index contributed by atoms with van der Waals surface area (Å²) < 4.78 is 28.1. The first-order chi connectivity index (χ1) is 10.1. The van der Waals surface area contributed by atoms with Gasteiger partial charge in [0.05, 0.1) is 4.90 Å². The SMILES string of the molecule is CC1NCCCC1NS(=O)(=O)c1ccc2c(c1)CCCC2.Cl. The Bertz CT molecular complexity index is 619. The molecule has 1 heterocycles. The first kappa shape index (κ1) is 17.7.